The van der Waals surface area contributed by atoms with Crippen LogP contribution in [-0.2, 0) is 9.47 Å². The van der Waals surface area contributed by atoms with Crippen molar-refractivity contribution in [2.24, 2.45) is 0 Å². The molecule has 35 heavy (non-hydrogen) atoms. The molecule has 0 aliphatic carbocycles. The van der Waals surface area contributed by atoms with Gasteiger partial charge in [0.05, 0.1) is 18.7 Å². The summed E-state index contributed by atoms with van der Waals surface area (Å²) in [7, 11) is 3.26. The first-order chi connectivity index (χ1) is 16.7. The van der Waals surface area contributed by atoms with E-state index in [4.69, 9.17) is 42.1 Å². The van der Waals surface area contributed by atoms with Crippen molar-refractivity contribution in [1.82, 2.24) is 9.97 Å². The van der Waals surface area contributed by atoms with Gasteiger partial charge < -0.3 is 29.2 Å². The van der Waals surface area contributed by atoms with Crippen molar-refractivity contribution in [3.8, 4) is 11.5 Å². The Morgan fingerprint density at radius 3 is 2.00 bits per heavy atom. The monoisotopic (exact) mass is 544 g/mol. The van der Waals surface area contributed by atoms with Crippen LogP contribution in [0.4, 0.5) is 17.2 Å². The van der Waals surface area contributed by atoms with Crippen LogP contribution >= 0.6 is 35.6 Å². The minimum atomic E-state index is 0. The van der Waals surface area contributed by atoms with Gasteiger partial charge in [-0.15, -0.1) is 35.6 Å². The van der Waals surface area contributed by atoms with Crippen LogP contribution in [-0.4, -0.2) is 75.5 Å². The summed E-state index contributed by atoms with van der Waals surface area (Å²) in [5, 5.41) is 4.19. The molecule has 0 atom stereocenters. The number of methoxy groups -OCH3 is 2. The summed E-state index contributed by atoms with van der Waals surface area (Å²) in [6.07, 6.45) is 1.52. The average Bonchev–Trinajstić information content (AvgIpc) is 2.85. The van der Waals surface area contributed by atoms with Gasteiger partial charge >= 0.3 is 0 Å². The van der Waals surface area contributed by atoms with Crippen LogP contribution < -0.4 is 19.7 Å². The fourth-order valence-electron chi connectivity index (χ4n) is 3.33. The van der Waals surface area contributed by atoms with Crippen molar-refractivity contribution in [1.29, 1.82) is 0 Å². The molecule has 0 radical (unpaired) electrons. The number of aromatic nitrogens is 2. The van der Waals surface area contributed by atoms with Crippen LogP contribution in [0.1, 0.15) is 0 Å². The fraction of sp³-hybridized carbons (Fsp3) is 0.417. The second-order valence-electron chi connectivity index (χ2n) is 7.26. The lowest BCUT2D eigenvalue weighted by molar-refractivity contribution is 0.132. The zero-order chi connectivity index (χ0) is 24.2. The molecule has 1 N–H and O–H groups in total. The van der Waals surface area contributed by atoms with E-state index >= 15 is 0 Å². The molecule has 192 valence electrons. The van der Waals surface area contributed by atoms with Crippen LogP contribution in [0.5, 0.6) is 11.5 Å². The fourth-order valence-corrected chi connectivity index (χ4v) is 3.73. The summed E-state index contributed by atoms with van der Waals surface area (Å²) in [5.41, 5.74) is 2.69. The molecule has 0 unspecified atom stereocenters. The van der Waals surface area contributed by atoms with E-state index in [1.165, 1.54) is 6.33 Å². The number of fused-ring (bicyclic) bond motifs is 1. The average molecular weight is 546 g/mol. The summed E-state index contributed by atoms with van der Waals surface area (Å²) < 4.78 is 22.0. The van der Waals surface area contributed by atoms with Crippen molar-refractivity contribution in [3.05, 3.63) is 42.7 Å². The number of benzene rings is 2. The Labute approximate surface area is 222 Å². The first kappa shape index (κ1) is 29.0. The largest absolute Gasteiger partial charge is 0.487 e. The predicted molar refractivity (Wildman–Crippen MR) is 145 cm³/mol. The first-order valence-electron chi connectivity index (χ1n) is 11.0. The van der Waals surface area contributed by atoms with Crippen molar-refractivity contribution < 1.29 is 18.9 Å². The van der Waals surface area contributed by atoms with E-state index in [1.54, 1.807) is 14.2 Å². The maximum absolute atomic E-state index is 5.93. The lowest BCUT2D eigenvalue weighted by atomic mass is 10.2. The van der Waals surface area contributed by atoms with Gasteiger partial charge in [0.2, 0.25) is 0 Å². The van der Waals surface area contributed by atoms with Crippen molar-refractivity contribution >= 4 is 63.7 Å². The Kier molecular flexibility index (Phi) is 13.0. The molecule has 2 aromatic carbocycles. The quantitative estimate of drug-likeness (QED) is 0.208. The van der Waals surface area contributed by atoms with Gasteiger partial charge in [-0.1, -0.05) is 0 Å². The molecule has 11 heteroatoms. The minimum absolute atomic E-state index is 0. The number of anilines is 3. The lowest BCUT2D eigenvalue weighted by Gasteiger charge is -2.23. The summed E-state index contributed by atoms with van der Waals surface area (Å²) in [5.74, 6) is 2.92. The molecule has 3 rings (SSSR count). The molecule has 0 saturated heterocycles. The van der Waals surface area contributed by atoms with E-state index in [1.807, 2.05) is 36.4 Å². The van der Waals surface area contributed by atoms with Gasteiger partial charge in [0.25, 0.3) is 0 Å². The van der Waals surface area contributed by atoms with Gasteiger partial charge in [-0.3, -0.25) is 0 Å². The molecule has 0 spiro atoms. The normalized spacial score (nSPS) is 10.6. The van der Waals surface area contributed by atoms with E-state index in [2.05, 4.69) is 20.2 Å². The van der Waals surface area contributed by atoms with Gasteiger partial charge in [0.1, 0.15) is 25.4 Å². The van der Waals surface area contributed by atoms with Crippen LogP contribution in [0.15, 0.2) is 42.7 Å². The number of alkyl halides is 2. The number of ether oxygens (including phenoxy) is 4. The minimum Gasteiger partial charge on any atom is -0.487 e. The van der Waals surface area contributed by atoms with Crippen molar-refractivity contribution in [3.63, 3.8) is 0 Å². The third kappa shape index (κ3) is 8.44. The first-order valence-corrected chi connectivity index (χ1v) is 12.0. The highest BCUT2D eigenvalue weighted by molar-refractivity contribution is 6.18. The second kappa shape index (κ2) is 15.7. The van der Waals surface area contributed by atoms with Gasteiger partial charge in [0, 0.05) is 61.9 Å². The molecule has 8 nitrogen and oxygen atoms in total. The molecule has 0 aliphatic rings. The maximum atomic E-state index is 5.93. The Bertz CT molecular complexity index is 1020. The Hall–Kier alpha value is -2.23. The molecular weight excluding hydrogens is 515 g/mol. The number of hydrogen-bond acceptors (Lipinski definition) is 8. The van der Waals surface area contributed by atoms with E-state index in [-0.39, 0.29) is 12.4 Å². The molecule has 0 bridgehead atoms. The Balaban J connectivity index is 0.00000432. The SMILES string of the molecule is COCCOc1cc2ncnc(Nc3ccc(N(CCCl)CCCl)cc3)c2cc1OCCOC.Cl. The van der Waals surface area contributed by atoms with Gasteiger partial charge in [0.15, 0.2) is 11.5 Å². The highest BCUT2D eigenvalue weighted by Gasteiger charge is 2.13. The van der Waals surface area contributed by atoms with E-state index in [0.717, 1.165) is 35.4 Å². The second-order valence-corrected chi connectivity index (χ2v) is 8.01. The van der Waals surface area contributed by atoms with Gasteiger partial charge in [-0.25, -0.2) is 9.97 Å². The van der Waals surface area contributed by atoms with Crippen molar-refractivity contribution in [2.45, 2.75) is 0 Å². The molecule has 0 fully saturated rings. The number of nitrogens with zero attached hydrogens (tertiary/aromatic N) is 3. The smallest absolute Gasteiger partial charge is 0.163 e. The van der Waals surface area contributed by atoms with Gasteiger partial charge in [-0.05, 0) is 30.3 Å². The molecule has 1 aromatic heterocycles. The van der Waals surface area contributed by atoms with E-state index in [0.29, 0.717) is 55.5 Å². The topological polar surface area (TPSA) is 78.0 Å². The summed E-state index contributed by atoms with van der Waals surface area (Å²) >= 11 is 11.9. The third-order valence-electron chi connectivity index (χ3n) is 4.99. The van der Waals surface area contributed by atoms with Crippen LogP contribution in [0.3, 0.4) is 0 Å². The highest BCUT2D eigenvalue weighted by Crippen LogP contribution is 2.35. The number of nitrogens with one attached hydrogen (secondary N) is 1. The van der Waals surface area contributed by atoms with E-state index in [9.17, 15) is 0 Å². The van der Waals surface area contributed by atoms with Crippen LogP contribution in [0.25, 0.3) is 10.9 Å². The zero-order valence-corrected chi connectivity index (χ0v) is 22.2. The zero-order valence-electron chi connectivity index (χ0n) is 19.8. The molecule has 1 heterocycles. The van der Waals surface area contributed by atoms with Gasteiger partial charge in [-0.2, -0.15) is 0 Å². The third-order valence-corrected chi connectivity index (χ3v) is 5.33. The molecule has 0 amide bonds. The summed E-state index contributed by atoms with van der Waals surface area (Å²) in [4.78, 5) is 11.0. The summed E-state index contributed by atoms with van der Waals surface area (Å²) in [6, 6.07) is 11.8. The lowest BCUT2D eigenvalue weighted by Crippen LogP contribution is -2.27. The number of halogens is 3. The number of rotatable bonds is 15. The van der Waals surface area contributed by atoms with E-state index < -0.39 is 0 Å². The van der Waals surface area contributed by atoms with Crippen LogP contribution in [0.2, 0.25) is 0 Å². The Morgan fingerprint density at radius 2 is 1.43 bits per heavy atom. The summed E-state index contributed by atoms with van der Waals surface area (Å²) in [6.45, 7) is 3.19. The van der Waals surface area contributed by atoms with Crippen LogP contribution in [0, 0.1) is 0 Å². The molecular formula is C24H31Cl3N4O4. The van der Waals surface area contributed by atoms with Crippen molar-refractivity contribution in [2.75, 3.05) is 75.7 Å². The Morgan fingerprint density at radius 1 is 0.829 bits per heavy atom. The maximum Gasteiger partial charge on any atom is 0.163 e. The predicted octanol–water partition coefficient (Wildman–Crippen LogP) is 5.13. The highest BCUT2D eigenvalue weighted by atomic mass is 35.5. The molecule has 0 saturated carbocycles. The molecule has 3 aromatic rings. The number of hydrogen-bond donors (Lipinski definition) is 1. The molecule has 0 aliphatic heterocycles. The standard InChI is InChI=1S/C24H30Cl2N4O4.ClH/c1-31-11-13-33-22-15-20-21(16-23(22)34-14-12-32-2)27-17-28-24(20)29-18-3-5-19(6-4-18)30(9-7-25)10-8-26;/h3-6,15-17H,7-14H2,1-2H3,(H,27,28,29);1H.